The van der Waals surface area contributed by atoms with Crippen LogP contribution in [0.5, 0.6) is 0 Å². The van der Waals surface area contributed by atoms with Crippen molar-refractivity contribution in [2.75, 3.05) is 13.1 Å². The Kier molecular flexibility index (Phi) is 5.93. The van der Waals surface area contributed by atoms with Crippen molar-refractivity contribution < 1.29 is 0 Å². The summed E-state index contributed by atoms with van der Waals surface area (Å²) >= 11 is 0. The molecule has 0 spiro atoms. The van der Waals surface area contributed by atoms with E-state index in [2.05, 4.69) is 25.6 Å². The lowest BCUT2D eigenvalue weighted by Crippen LogP contribution is -2.13. The van der Waals surface area contributed by atoms with Gasteiger partial charge < -0.3 is 5.32 Å². The van der Waals surface area contributed by atoms with Crippen molar-refractivity contribution in [3.63, 3.8) is 0 Å². The molecule has 0 saturated heterocycles. The molecule has 0 aromatic rings. The minimum absolute atomic E-state index is 1.06. The number of hydrogen-bond donors (Lipinski definition) is 1. The van der Waals surface area contributed by atoms with Gasteiger partial charge in [-0.15, -0.1) is 0 Å². The van der Waals surface area contributed by atoms with Gasteiger partial charge in [0.05, 0.1) is 0 Å². The van der Waals surface area contributed by atoms with E-state index in [1.807, 2.05) is 0 Å². The molecule has 1 radical (unpaired) electrons. The van der Waals surface area contributed by atoms with Crippen LogP contribution >= 0.6 is 0 Å². The van der Waals surface area contributed by atoms with Gasteiger partial charge in [0.25, 0.3) is 0 Å². The summed E-state index contributed by atoms with van der Waals surface area (Å²) in [5, 5.41) is 3.19. The molecule has 0 saturated carbocycles. The summed E-state index contributed by atoms with van der Waals surface area (Å²) in [6, 6.07) is 0. The average Bonchev–Trinajstić information content (AvgIpc) is 1.69. The van der Waals surface area contributed by atoms with Gasteiger partial charge in [0.1, 0.15) is 0 Å². The summed E-state index contributed by atoms with van der Waals surface area (Å²) in [5.41, 5.74) is 0. The van der Waals surface area contributed by atoms with Crippen LogP contribution < -0.4 is 5.32 Å². The number of unbranched alkanes of at least 4 members (excludes halogenated alkanes) is 1. The van der Waals surface area contributed by atoms with Crippen LogP contribution in [-0.4, -0.2) is 13.1 Å². The second-order valence-corrected chi connectivity index (χ2v) is 1.50. The molecule has 0 aliphatic heterocycles. The lowest BCUT2D eigenvalue weighted by atomic mass is 10.3. The Labute approximate surface area is 46.1 Å². The molecule has 0 aromatic carbocycles. The third kappa shape index (κ3) is 5.96. The van der Waals surface area contributed by atoms with Crippen molar-refractivity contribution in [2.24, 2.45) is 0 Å². The lowest BCUT2D eigenvalue weighted by molar-refractivity contribution is 0.754. The molecule has 0 amide bonds. The topological polar surface area (TPSA) is 12.0 Å². The molecular formula is C6H14N. The highest BCUT2D eigenvalue weighted by Gasteiger charge is 1.77. The van der Waals surface area contributed by atoms with Gasteiger partial charge in [-0.25, -0.2) is 0 Å². The van der Waals surface area contributed by atoms with Crippen molar-refractivity contribution in [3.05, 3.63) is 6.42 Å². The number of rotatable bonds is 4. The maximum absolute atomic E-state index is 3.19. The van der Waals surface area contributed by atoms with E-state index < -0.39 is 0 Å². The molecule has 1 heteroatoms. The molecule has 0 bridgehead atoms. The monoisotopic (exact) mass is 100 g/mol. The van der Waals surface area contributed by atoms with Crippen LogP contribution in [0.3, 0.4) is 0 Å². The molecule has 0 rings (SSSR count). The Balaban J connectivity index is 2.45. The molecule has 0 fully saturated rings. The van der Waals surface area contributed by atoms with Crippen LogP contribution in [0.25, 0.3) is 0 Å². The van der Waals surface area contributed by atoms with Gasteiger partial charge in [-0.05, 0) is 19.5 Å². The Hall–Kier alpha value is -0.0400. The molecule has 0 aliphatic carbocycles. The van der Waals surface area contributed by atoms with E-state index in [1.54, 1.807) is 0 Å². The summed E-state index contributed by atoms with van der Waals surface area (Å²) in [7, 11) is 0. The standard InChI is InChI=1S/C6H14N/c1-3-5-6-7-4-2/h5,7H,3-4,6H2,1-2H3. The highest BCUT2D eigenvalue weighted by atomic mass is 14.8. The predicted octanol–water partition coefficient (Wildman–Crippen LogP) is 1.21. The van der Waals surface area contributed by atoms with Gasteiger partial charge in [-0.1, -0.05) is 20.3 Å². The van der Waals surface area contributed by atoms with Gasteiger partial charge in [0, 0.05) is 0 Å². The SMILES string of the molecule is CC[CH]CNCC. The molecule has 0 unspecified atom stereocenters. The minimum Gasteiger partial charge on any atom is -0.317 e. The van der Waals surface area contributed by atoms with Crippen LogP contribution in [0, 0.1) is 6.42 Å². The second-order valence-electron chi connectivity index (χ2n) is 1.50. The fourth-order valence-electron chi connectivity index (χ4n) is 0.391. The normalized spacial score (nSPS) is 9.43. The van der Waals surface area contributed by atoms with Crippen LogP contribution in [0.4, 0.5) is 0 Å². The van der Waals surface area contributed by atoms with Crippen LogP contribution in [-0.2, 0) is 0 Å². The maximum atomic E-state index is 3.19. The first-order valence-corrected chi connectivity index (χ1v) is 2.94. The van der Waals surface area contributed by atoms with E-state index in [-0.39, 0.29) is 0 Å². The summed E-state index contributed by atoms with van der Waals surface area (Å²) in [6.45, 7) is 6.41. The quantitative estimate of drug-likeness (QED) is 0.524. The zero-order valence-electron chi connectivity index (χ0n) is 5.20. The molecule has 0 aromatic heterocycles. The third-order valence-electron chi connectivity index (χ3n) is 0.827. The first-order valence-electron chi connectivity index (χ1n) is 2.94. The molecule has 0 heterocycles. The largest absolute Gasteiger partial charge is 0.317 e. The van der Waals surface area contributed by atoms with E-state index in [0.717, 1.165) is 13.1 Å². The smallest absolute Gasteiger partial charge is 0.00176 e. The Morgan fingerprint density at radius 3 is 2.57 bits per heavy atom. The van der Waals surface area contributed by atoms with E-state index in [4.69, 9.17) is 0 Å². The molecule has 1 nitrogen and oxygen atoms in total. The fraction of sp³-hybridized carbons (Fsp3) is 0.833. The molecule has 43 valence electrons. The Morgan fingerprint density at radius 1 is 1.43 bits per heavy atom. The number of nitrogens with one attached hydrogen (secondary N) is 1. The van der Waals surface area contributed by atoms with Crippen LogP contribution in [0.15, 0.2) is 0 Å². The zero-order chi connectivity index (χ0) is 5.54. The zero-order valence-corrected chi connectivity index (χ0v) is 5.20. The first kappa shape index (κ1) is 6.96. The molecule has 0 atom stereocenters. The maximum Gasteiger partial charge on any atom is -0.00176 e. The third-order valence-corrected chi connectivity index (χ3v) is 0.827. The van der Waals surface area contributed by atoms with E-state index in [0.29, 0.717) is 0 Å². The average molecular weight is 100 g/mol. The first-order chi connectivity index (χ1) is 3.41. The Morgan fingerprint density at radius 2 is 2.14 bits per heavy atom. The van der Waals surface area contributed by atoms with Crippen molar-refractivity contribution in [1.82, 2.24) is 5.32 Å². The van der Waals surface area contributed by atoms with E-state index in [9.17, 15) is 0 Å². The highest BCUT2D eigenvalue weighted by Crippen LogP contribution is 1.78. The lowest BCUT2D eigenvalue weighted by Gasteiger charge is -1.94. The van der Waals surface area contributed by atoms with Gasteiger partial charge in [0.2, 0.25) is 0 Å². The molecule has 7 heavy (non-hydrogen) atoms. The van der Waals surface area contributed by atoms with Gasteiger partial charge in [-0.2, -0.15) is 0 Å². The predicted molar refractivity (Wildman–Crippen MR) is 33.1 cm³/mol. The minimum atomic E-state index is 1.06. The second kappa shape index (κ2) is 5.96. The van der Waals surface area contributed by atoms with Gasteiger partial charge in [0.15, 0.2) is 0 Å². The van der Waals surface area contributed by atoms with Crippen LogP contribution in [0.2, 0.25) is 0 Å². The van der Waals surface area contributed by atoms with Crippen LogP contribution in [0.1, 0.15) is 20.3 Å². The van der Waals surface area contributed by atoms with Gasteiger partial charge in [-0.3, -0.25) is 0 Å². The summed E-state index contributed by atoms with van der Waals surface area (Å²) in [4.78, 5) is 0. The van der Waals surface area contributed by atoms with Gasteiger partial charge >= 0.3 is 0 Å². The van der Waals surface area contributed by atoms with Crippen molar-refractivity contribution in [2.45, 2.75) is 20.3 Å². The highest BCUT2D eigenvalue weighted by molar-refractivity contribution is 4.63. The Bertz CT molecular complexity index is 23.4. The van der Waals surface area contributed by atoms with Crippen molar-refractivity contribution in [1.29, 1.82) is 0 Å². The van der Waals surface area contributed by atoms with E-state index in [1.165, 1.54) is 6.42 Å². The fourth-order valence-corrected chi connectivity index (χ4v) is 0.391. The van der Waals surface area contributed by atoms with Crippen molar-refractivity contribution in [3.8, 4) is 0 Å². The molecular weight excluding hydrogens is 86.1 g/mol. The van der Waals surface area contributed by atoms with Crippen molar-refractivity contribution >= 4 is 0 Å². The summed E-state index contributed by atoms with van der Waals surface area (Å²) in [5.74, 6) is 0. The molecule has 0 aliphatic rings. The number of hydrogen-bond acceptors (Lipinski definition) is 1. The van der Waals surface area contributed by atoms with E-state index >= 15 is 0 Å². The molecule has 1 N–H and O–H groups in total. The summed E-state index contributed by atoms with van der Waals surface area (Å²) < 4.78 is 0. The summed E-state index contributed by atoms with van der Waals surface area (Å²) in [6.07, 6.45) is 3.40.